The van der Waals surface area contributed by atoms with Gasteiger partial charge in [-0.15, -0.1) is 11.3 Å². The first kappa shape index (κ1) is 19.2. The number of nitrogens with two attached hydrogens (primary N) is 1. The van der Waals surface area contributed by atoms with Gasteiger partial charge >= 0.3 is 0 Å². The van der Waals surface area contributed by atoms with E-state index in [1.165, 1.54) is 6.07 Å². The van der Waals surface area contributed by atoms with E-state index in [9.17, 15) is 15.0 Å². The summed E-state index contributed by atoms with van der Waals surface area (Å²) in [5.74, 6) is -0.866. The van der Waals surface area contributed by atoms with Crippen LogP contribution in [0.5, 0.6) is 11.6 Å². The summed E-state index contributed by atoms with van der Waals surface area (Å²) in [6, 6.07) is 7.44. The Morgan fingerprint density at radius 1 is 1.33 bits per heavy atom. The van der Waals surface area contributed by atoms with Gasteiger partial charge in [0.05, 0.1) is 23.2 Å². The first-order chi connectivity index (χ1) is 12.9. The highest BCUT2D eigenvalue weighted by atomic mass is 35.5. The maximum Gasteiger partial charge on any atom is 0.268 e. The Labute approximate surface area is 163 Å². The predicted molar refractivity (Wildman–Crippen MR) is 102 cm³/mol. The number of thiazole rings is 1. The second kappa shape index (κ2) is 7.97. The molecule has 7 N–H and O–H groups in total. The highest BCUT2D eigenvalue weighted by Crippen LogP contribution is 2.31. The van der Waals surface area contributed by atoms with Crippen molar-refractivity contribution in [3.63, 3.8) is 0 Å². The lowest BCUT2D eigenvalue weighted by atomic mass is 10.1. The topological polar surface area (TPSA) is 144 Å². The lowest BCUT2D eigenvalue weighted by Gasteiger charge is -2.13. The fraction of sp³-hybridized carbons (Fsp3) is 0.176. The Kier molecular flexibility index (Phi) is 5.66. The number of aliphatic hydroxyl groups is 1. The number of nitrogens with one attached hydrogen (secondary N) is 2. The zero-order chi connectivity index (χ0) is 19.6. The molecule has 1 aromatic carbocycles. The van der Waals surface area contributed by atoms with Gasteiger partial charge in [-0.2, -0.15) is 0 Å². The molecule has 0 aliphatic heterocycles. The van der Waals surface area contributed by atoms with E-state index in [0.717, 1.165) is 11.3 Å². The summed E-state index contributed by atoms with van der Waals surface area (Å²) in [5.41, 5.74) is 6.90. The minimum atomic E-state index is -0.655. The number of nitrogens with zero attached hydrogens (tertiary/aromatic N) is 1. The van der Waals surface area contributed by atoms with Gasteiger partial charge in [-0.3, -0.25) is 4.79 Å². The average molecular weight is 409 g/mol. The van der Waals surface area contributed by atoms with Gasteiger partial charge in [-0.1, -0.05) is 23.7 Å². The van der Waals surface area contributed by atoms with Crippen LogP contribution in [0.2, 0.25) is 5.02 Å². The van der Waals surface area contributed by atoms with Gasteiger partial charge in [-0.25, -0.2) is 4.98 Å². The van der Waals surface area contributed by atoms with E-state index in [-0.39, 0.29) is 30.5 Å². The maximum absolute atomic E-state index is 12.5. The van der Waals surface area contributed by atoms with Gasteiger partial charge in [0.1, 0.15) is 16.5 Å². The quantitative estimate of drug-likeness (QED) is 0.368. The molecule has 0 spiro atoms. The fourth-order valence-corrected chi connectivity index (χ4v) is 3.48. The molecular weight excluding hydrogens is 392 g/mol. The highest BCUT2D eigenvalue weighted by Gasteiger charge is 2.22. The summed E-state index contributed by atoms with van der Waals surface area (Å²) >= 11 is 6.92. The second-order valence-corrected chi connectivity index (χ2v) is 7.22. The molecule has 142 valence electrons. The van der Waals surface area contributed by atoms with Crippen LogP contribution < -0.4 is 11.1 Å². The van der Waals surface area contributed by atoms with Crippen molar-refractivity contribution in [3.05, 3.63) is 50.9 Å². The number of H-pyrrole nitrogens is 1. The van der Waals surface area contributed by atoms with E-state index in [1.807, 2.05) is 0 Å². The number of carbonyl (C=O) groups excluding carboxylic acids is 1. The summed E-state index contributed by atoms with van der Waals surface area (Å²) in [6.45, 7) is -0.315. The number of amides is 1. The molecule has 27 heavy (non-hydrogen) atoms. The number of aromatic amines is 1. The van der Waals surface area contributed by atoms with Crippen molar-refractivity contribution in [1.29, 1.82) is 0 Å². The molecule has 0 radical (unpaired) electrons. The average Bonchev–Trinajstić information content (AvgIpc) is 3.23. The number of hydrogen-bond acceptors (Lipinski definition) is 7. The Bertz CT molecular complexity index is 955. The molecule has 1 unspecified atom stereocenters. The Morgan fingerprint density at radius 3 is 2.63 bits per heavy atom. The number of rotatable bonds is 6. The van der Waals surface area contributed by atoms with Crippen molar-refractivity contribution in [2.45, 2.75) is 12.6 Å². The van der Waals surface area contributed by atoms with Gasteiger partial charge in [-0.05, 0) is 12.1 Å². The van der Waals surface area contributed by atoms with E-state index in [0.29, 0.717) is 26.2 Å². The summed E-state index contributed by atoms with van der Waals surface area (Å²) in [5, 5.41) is 32.6. The third-order valence-electron chi connectivity index (χ3n) is 3.85. The minimum absolute atomic E-state index is 0.0420. The molecule has 2 heterocycles. The van der Waals surface area contributed by atoms with Crippen molar-refractivity contribution in [1.82, 2.24) is 15.3 Å². The lowest BCUT2D eigenvalue weighted by Crippen LogP contribution is -2.33. The molecule has 0 saturated heterocycles. The first-order valence-corrected chi connectivity index (χ1v) is 9.10. The van der Waals surface area contributed by atoms with Crippen molar-refractivity contribution in [2.75, 3.05) is 6.54 Å². The van der Waals surface area contributed by atoms with Gasteiger partial charge in [0.25, 0.3) is 5.91 Å². The molecule has 10 heteroatoms. The molecule has 0 bridgehead atoms. The van der Waals surface area contributed by atoms with Gasteiger partial charge in [0, 0.05) is 23.2 Å². The summed E-state index contributed by atoms with van der Waals surface area (Å²) in [4.78, 5) is 19.6. The van der Waals surface area contributed by atoms with E-state index in [1.54, 1.807) is 24.3 Å². The van der Waals surface area contributed by atoms with Crippen LogP contribution in [-0.2, 0) is 6.61 Å². The van der Waals surface area contributed by atoms with E-state index in [4.69, 9.17) is 22.4 Å². The number of hydrogen-bond donors (Lipinski definition) is 6. The van der Waals surface area contributed by atoms with Crippen molar-refractivity contribution in [3.8, 4) is 22.9 Å². The van der Waals surface area contributed by atoms with E-state index >= 15 is 0 Å². The molecule has 1 amide bonds. The lowest BCUT2D eigenvalue weighted by molar-refractivity contribution is 0.0933. The van der Waals surface area contributed by atoms with Gasteiger partial charge in [0.2, 0.25) is 5.88 Å². The van der Waals surface area contributed by atoms with Crippen LogP contribution in [0, 0.1) is 0 Å². The monoisotopic (exact) mass is 408 g/mol. The number of aliphatic hydroxyl groups excluding tert-OH is 1. The van der Waals surface area contributed by atoms with Gasteiger partial charge < -0.3 is 31.4 Å². The largest absolute Gasteiger partial charge is 0.506 e. The van der Waals surface area contributed by atoms with Crippen molar-refractivity contribution >= 4 is 28.8 Å². The Morgan fingerprint density at radius 2 is 2.04 bits per heavy atom. The van der Waals surface area contributed by atoms with Crippen LogP contribution in [-0.4, -0.2) is 37.7 Å². The predicted octanol–water partition coefficient (Wildman–Crippen LogP) is 2.12. The molecular formula is C17H17ClN4O4S. The number of aromatic hydroxyl groups is 2. The number of aromatic nitrogens is 2. The standard InChI is InChI=1S/C17H17ClN4O4S/c18-9-3-1-8(2-4-9)14-12(24)5-10(20-14)15(25)21-11(6-19)17-22-16(26)13(7-23)27-17/h1-5,11,20,23-24,26H,6-7,19H2,(H,21,25). The molecule has 3 rings (SSSR count). The molecule has 8 nitrogen and oxygen atoms in total. The third kappa shape index (κ3) is 4.06. The number of halogens is 1. The summed E-state index contributed by atoms with van der Waals surface area (Å²) in [7, 11) is 0. The third-order valence-corrected chi connectivity index (χ3v) is 5.25. The van der Waals surface area contributed by atoms with Crippen LogP contribution in [0.1, 0.15) is 26.4 Å². The van der Waals surface area contributed by atoms with Crippen LogP contribution >= 0.6 is 22.9 Å². The van der Waals surface area contributed by atoms with Gasteiger partial charge in [0.15, 0.2) is 0 Å². The molecule has 3 aromatic rings. The van der Waals surface area contributed by atoms with Crippen LogP contribution in [0.25, 0.3) is 11.3 Å². The van der Waals surface area contributed by atoms with Crippen molar-refractivity contribution in [2.24, 2.45) is 5.73 Å². The highest BCUT2D eigenvalue weighted by molar-refractivity contribution is 7.12. The zero-order valence-corrected chi connectivity index (χ0v) is 15.5. The van der Waals surface area contributed by atoms with Crippen LogP contribution in [0.4, 0.5) is 0 Å². The zero-order valence-electron chi connectivity index (χ0n) is 13.9. The summed E-state index contributed by atoms with van der Waals surface area (Å²) < 4.78 is 0. The number of benzene rings is 1. The smallest absolute Gasteiger partial charge is 0.268 e. The Balaban J connectivity index is 1.80. The minimum Gasteiger partial charge on any atom is -0.506 e. The van der Waals surface area contributed by atoms with Crippen LogP contribution in [0.3, 0.4) is 0 Å². The fourth-order valence-electron chi connectivity index (χ4n) is 2.47. The number of carbonyl (C=O) groups is 1. The van der Waals surface area contributed by atoms with E-state index in [2.05, 4.69) is 15.3 Å². The molecule has 2 aromatic heterocycles. The van der Waals surface area contributed by atoms with Crippen molar-refractivity contribution < 1.29 is 20.1 Å². The maximum atomic E-state index is 12.5. The Hall–Kier alpha value is -2.59. The molecule has 0 fully saturated rings. The van der Waals surface area contributed by atoms with Crippen LogP contribution in [0.15, 0.2) is 30.3 Å². The summed E-state index contributed by atoms with van der Waals surface area (Å²) in [6.07, 6.45) is 0. The second-order valence-electron chi connectivity index (χ2n) is 5.67. The van der Waals surface area contributed by atoms with E-state index < -0.39 is 11.9 Å². The first-order valence-electron chi connectivity index (χ1n) is 7.91. The SMILES string of the molecule is NCC(NC(=O)c1cc(O)c(-c2ccc(Cl)cc2)[nH]1)c1nc(O)c(CO)s1. The normalized spacial score (nSPS) is 12.1. The molecule has 0 saturated carbocycles. The molecule has 0 aliphatic carbocycles. The molecule has 1 atom stereocenters. The molecule has 0 aliphatic rings.